The lowest BCUT2D eigenvalue weighted by Crippen LogP contribution is -2.47. The molecule has 0 saturated carbocycles. The van der Waals surface area contributed by atoms with Gasteiger partial charge in [0.2, 0.25) is 18.6 Å². The molecule has 0 aromatic heterocycles. The molecule has 7 heteroatoms. The first-order valence-corrected chi connectivity index (χ1v) is 12.6. The third kappa shape index (κ3) is 4.73. The molecule has 0 bridgehead atoms. The lowest BCUT2D eigenvalue weighted by Gasteiger charge is -2.36. The van der Waals surface area contributed by atoms with Crippen LogP contribution in [0.3, 0.4) is 0 Å². The molecule has 0 spiro atoms. The standard InChI is InChI=1S/C28H28N2O4S/c1-17-8-9-18(2)21(12-17)15-30-22-6-4-5-7-25(22)35-26(28(30)32)19(3)27(31)29-14-20-10-11-23-24(13-20)34-16-33-23/h4-13,19,26H,14-16H2,1-3H3,(H,29,31)/t19-,26-/m1/s1. The van der Waals surface area contributed by atoms with Crippen molar-refractivity contribution in [3.63, 3.8) is 0 Å². The minimum absolute atomic E-state index is 0.0414. The summed E-state index contributed by atoms with van der Waals surface area (Å²) in [6.45, 7) is 6.99. The normalized spacial score (nSPS) is 17.2. The second kappa shape index (κ2) is 9.66. The van der Waals surface area contributed by atoms with Crippen LogP contribution in [0.5, 0.6) is 11.5 Å². The van der Waals surface area contributed by atoms with Gasteiger partial charge in [-0.2, -0.15) is 0 Å². The monoisotopic (exact) mass is 488 g/mol. The summed E-state index contributed by atoms with van der Waals surface area (Å²) in [5, 5.41) is 2.49. The molecule has 2 aliphatic heterocycles. The molecule has 3 aromatic carbocycles. The first kappa shape index (κ1) is 23.3. The molecule has 5 rings (SSSR count). The summed E-state index contributed by atoms with van der Waals surface area (Å²) in [6, 6.07) is 19.8. The van der Waals surface area contributed by atoms with Crippen LogP contribution in [-0.4, -0.2) is 23.9 Å². The third-order valence-electron chi connectivity index (χ3n) is 6.52. The van der Waals surface area contributed by atoms with Gasteiger partial charge < -0.3 is 19.7 Å². The van der Waals surface area contributed by atoms with Crippen molar-refractivity contribution in [2.75, 3.05) is 11.7 Å². The van der Waals surface area contributed by atoms with E-state index < -0.39 is 11.2 Å². The van der Waals surface area contributed by atoms with E-state index >= 15 is 0 Å². The van der Waals surface area contributed by atoms with Gasteiger partial charge in [-0.3, -0.25) is 9.59 Å². The molecular weight excluding hydrogens is 460 g/mol. The van der Waals surface area contributed by atoms with Crippen molar-refractivity contribution in [1.82, 2.24) is 5.32 Å². The molecule has 2 aliphatic rings. The Bertz CT molecular complexity index is 1290. The summed E-state index contributed by atoms with van der Waals surface area (Å²) in [5.74, 6) is 0.692. The van der Waals surface area contributed by atoms with Crippen LogP contribution in [0.15, 0.2) is 65.6 Å². The fourth-order valence-corrected chi connectivity index (χ4v) is 5.68. The molecule has 1 N–H and O–H groups in total. The molecule has 0 radical (unpaired) electrons. The number of ether oxygens (including phenoxy) is 2. The van der Waals surface area contributed by atoms with E-state index in [-0.39, 0.29) is 18.6 Å². The summed E-state index contributed by atoms with van der Waals surface area (Å²) in [5.41, 5.74) is 5.22. The minimum Gasteiger partial charge on any atom is -0.454 e. The lowest BCUT2D eigenvalue weighted by atomic mass is 10.0. The Kier molecular flexibility index (Phi) is 6.43. The molecule has 0 fully saturated rings. The van der Waals surface area contributed by atoms with Crippen LogP contribution in [0.1, 0.15) is 29.2 Å². The van der Waals surface area contributed by atoms with Crippen LogP contribution in [0.4, 0.5) is 5.69 Å². The highest BCUT2D eigenvalue weighted by atomic mass is 32.2. The molecule has 2 heterocycles. The van der Waals surface area contributed by atoms with Gasteiger partial charge in [0.15, 0.2) is 11.5 Å². The van der Waals surface area contributed by atoms with Gasteiger partial charge in [0.25, 0.3) is 0 Å². The van der Waals surface area contributed by atoms with Crippen molar-refractivity contribution in [1.29, 1.82) is 0 Å². The summed E-state index contributed by atoms with van der Waals surface area (Å²) in [4.78, 5) is 29.7. The molecule has 180 valence electrons. The zero-order valence-electron chi connectivity index (χ0n) is 20.0. The van der Waals surface area contributed by atoms with Crippen molar-refractivity contribution < 1.29 is 19.1 Å². The maximum Gasteiger partial charge on any atom is 0.241 e. The molecule has 6 nitrogen and oxygen atoms in total. The number of amides is 2. The average molecular weight is 489 g/mol. The van der Waals surface area contributed by atoms with E-state index in [1.54, 1.807) is 0 Å². The van der Waals surface area contributed by atoms with Gasteiger partial charge >= 0.3 is 0 Å². The Hall–Kier alpha value is -3.45. The van der Waals surface area contributed by atoms with Crippen molar-refractivity contribution in [3.05, 3.63) is 82.9 Å². The Labute approximate surface area is 209 Å². The Morgan fingerprint density at radius 3 is 2.74 bits per heavy atom. The lowest BCUT2D eigenvalue weighted by molar-refractivity contribution is -0.128. The molecule has 0 aliphatic carbocycles. The predicted molar refractivity (Wildman–Crippen MR) is 137 cm³/mol. The van der Waals surface area contributed by atoms with E-state index in [2.05, 4.69) is 37.4 Å². The van der Waals surface area contributed by atoms with E-state index in [1.807, 2.05) is 54.3 Å². The first-order valence-electron chi connectivity index (χ1n) is 11.7. The van der Waals surface area contributed by atoms with Gasteiger partial charge in [-0.05, 0) is 54.8 Å². The number of benzene rings is 3. The van der Waals surface area contributed by atoms with Crippen molar-refractivity contribution >= 4 is 29.3 Å². The maximum absolute atomic E-state index is 13.7. The number of para-hydroxylation sites is 1. The van der Waals surface area contributed by atoms with Gasteiger partial charge in [-0.1, -0.05) is 48.9 Å². The summed E-state index contributed by atoms with van der Waals surface area (Å²) in [6.07, 6.45) is 0. The largest absolute Gasteiger partial charge is 0.454 e. The number of fused-ring (bicyclic) bond motifs is 2. The number of nitrogens with one attached hydrogen (secondary N) is 1. The summed E-state index contributed by atoms with van der Waals surface area (Å²) in [7, 11) is 0. The number of carbonyl (C=O) groups is 2. The number of thioether (sulfide) groups is 1. The van der Waals surface area contributed by atoms with E-state index in [4.69, 9.17) is 9.47 Å². The van der Waals surface area contributed by atoms with Gasteiger partial charge in [0, 0.05) is 11.4 Å². The SMILES string of the molecule is Cc1ccc(C)c(CN2C(=O)[C@@H]([C@@H](C)C(=O)NCc3ccc4c(c3)OCO4)Sc3ccccc32)c1. The number of hydrogen-bond donors (Lipinski definition) is 1. The maximum atomic E-state index is 13.7. The number of rotatable bonds is 6. The number of hydrogen-bond acceptors (Lipinski definition) is 5. The molecule has 35 heavy (non-hydrogen) atoms. The van der Waals surface area contributed by atoms with Gasteiger partial charge in [-0.25, -0.2) is 0 Å². The van der Waals surface area contributed by atoms with E-state index in [0.717, 1.165) is 32.8 Å². The quantitative estimate of drug-likeness (QED) is 0.529. The van der Waals surface area contributed by atoms with Crippen LogP contribution in [-0.2, 0) is 22.7 Å². The predicted octanol–water partition coefficient (Wildman–Crippen LogP) is 4.99. The fraction of sp³-hybridized carbons (Fsp3) is 0.286. The van der Waals surface area contributed by atoms with Crippen LogP contribution in [0.25, 0.3) is 0 Å². The highest BCUT2D eigenvalue weighted by Crippen LogP contribution is 2.42. The molecule has 0 saturated heterocycles. The molecular formula is C28H28N2O4S. The second-order valence-corrected chi connectivity index (χ2v) is 10.2. The van der Waals surface area contributed by atoms with Crippen LogP contribution in [0.2, 0.25) is 0 Å². The van der Waals surface area contributed by atoms with Crippen LogP contribution in [0, 0.1) is 19.8 Å². The van der Waals surface area contributed by atoms with Gasteiger partial charge in [0.05, 0.1) is 18.2 Å². The highest BCUT2D eigenvalue weighted by Gasteiger charge is 2.39. The summed E-state index contributed by atoms with van der Waals surface area (Å²) >= 11 is 1.47. The van der Waals surface area contributed by atoms with E-state index in [1.165, 1.54) is 11.8 Å². The smallest absolute Gasteiger partial charge is 0.241 e. The second-order valence-electron chi connectivity index (χ2n) is 9.05. The molecule has 2 atom stereocenters. The van der Waals surface area contributed by atoms with Crippen molar-refractivity contribution in [2.24, 2.45) is 5.92 Å². The average Bonchev–Trinajstić information content (AvgIpc) is 3.33. The minimum atomic E-state index is -0.508. The molecule has 0 unspecified atom stereocenters. The van der Waals surface area contributed by atoms with Crippen molar-refractivity contribution in [2.45, 2.75) is 44.0 Å². The van der Waals surface area contributed by atoms with Gasteiger partial charge in [-0.15, -0.1) is 11.8 Å². The number of nitrogens with zero attached hydrogens (tertiary/aromatic N) is 1. The number of anilines is 1. The zero-order chi connectivity index (χ0) is 24.5. The Morgan fingerprint density at radius 2 is 1.89 bits per heavy atom. The Morgan fingerprint density at radius 1 is 1.09 bits per heavy atom. The topological polar surface area (TPSA) is 67.9 Å². The molecule has 3 aromatic rings. The van der Waals surface area contributed by atoms with Crippen LogP contribution >= 0.6 is 11.8 Å². The number of aryl methyl sites for hydroxylation is 2. The molecule has 2 amide bonds. The van der Waals surface area contributed by atoms with E-state index in [9.17, 15) is 9.59 Å². The van der Waals surface area contributed by atoms with E-state index in [0.29, 0.717) is 24.6 Å². The number of carbonyl (C=O) groups excluding carboxylic acids is 2. The zero-order valence-corrected chi connectivity index (χ0v) is 20.9. The van der Waals surface area contributed by atoms with Crippen LogP contribution < -0.4 is 19.7 Å². The van der Waals surface area contributed by atoms with Gasteiger partial charge in [0.1, 0.15) is 5.25 Å². The summed E-state index contributed by atoms with van der Waals surface area (Å²) < 4.78 is 10.8. The fourth-order valence-electron chi connectivity index (χ4n) is 4.40. The Balaban J connectivity index is 1.33. The first-order chi connectivity index (χ1) is 16.9. The highest BCUT2D eigenvalue weighted by molar-refractivity contribution is 8.01. The van der Waals surface area contributed by atoms with Crippen molar-refractivity contribution in [3.8, 4) is 11.5 Å². The third-order valence-corrected chi connectivity index (χ3v) is 7.99.